The van der Waals surface area contributed by atoms with Crippen molar-refractivity contribution >= 4 is 17.3 Å². The minimum absolute atomic E-state index is 0.0503. The molecule has 0 aliphatic rings. The molecular formula is C16H17ClFN. The number of rotatable bonds is 4. The molecule has 2 rings (SSSR count). The molecule has 0 spiro atoms. The summed E-state index contributed by atoms with van der Waals surface area (Å²) in [6, 6.07) is 12.8. The molecule has 0 amide bonds. The molecule has 0 saturated carbocycles. The number of nitrogens with one attached hydrogen (secondary N) is 1. The summed E-state index contributed by atoms with van der Waals surface area (Å²) in [5, 5.41) is 3.97. The molecule has 0 bridgehead atoms. The highest BCUT2D eigenvalue weighted by atomic mass is 35.5. The van der Waals surface area contributed by atoms with Crippen LogP contribution in [0.15, 0.2) is 42.5 Å². The average Bonchev–Trinajstić information content (AvgIpc) is 2.38. The van der Waals surface area contributed by atoms with Crippen LogP contribution in [-0.4, -0.2) is 0 Å². The maximum atomic E-state index is 13.9. The van der Waals surface area contributed by atoms with Crippen LogP contribution in [-0.2, 0) is 0 Å². The van der Waals surface area contributed by atoms with Gasteiger partial charge in [0.1, 0.15) is 5.82 Å². The van der Waals surface area contributed by atoms with Gasteiger partial charge in [-0.25, -0.2) is 4.39 Å². The normalized spacial score (nSPS) is 12.2. The Labute approximate surface area is 118 Å². The van der Waals surface area contributed by atoms with Gasteiger partial charge in [0.15, 0.2) is 0 Å². The van der Waals surface area contributed by atoms with E-state index in [-0.39, 0.29) is 11.9 Å². The van der Waals surface area contributed by atoms with Crippen molar-refractivity contribution in [2.75, 3.05) is 5.32 Å². The SMILES string of the molecule is CCC(Nc1c(C)cccc1F)c1cccc(Cl)c1. The van der Waals surface area contributed by atoms with Gasteiger partial charge in [0.2, 0.25) is 0 Å². The molecule has 1 atom stereocenters. The van der Waals surface area contributed by atoms with Gasteiger partial charge in [-0.2, -0.15) is 0 Å². The highest BCUT2D eigenvalue weighted by molar-refractivity contribution is 6.30. The lowest BCUT2D eigenvalue weighted by Crippen LogP contribution is -2.11. The van der Waals surface area contributed by atoms with Crippen molar-refractivity contribution < 1.29 is 4.39 Å². The number of anilines is 1. The summed E-state index contributed by atoms with van der Waals surface area (Å²) >= 11 is 6.01. The summed E-state index contributed by atoms with van der Waals surface area (Å²) in [6.07, 6.45) is 0.855. The van der Waals surface area contributed by atoms with Crippen LogP contribution in [0.25, 0.3) is 0 Å². The first-order valence-electron chi connectivity index (χ1n) is 6.39. The topological polar surface area (TPSA) is 12.0 Å². The predicted octanol–water partition coefficient (Wildman–Crippen LogP) is 5.35. The molecule has 3 heteroatoms. The van der Waals surface area contributed by atoms with E-state index < -0.39 is 0 Å². The molecule has 0 aliphatic heterocycles. The third-order valence-corrected chi connectivity index (χ3v) is 3.43. The molecule has 1 unspecified atom stereocenters. The number of benzene rings is 2. The van der Waals surface area contributed by atoms with Gasteiger partial charge < -0.3 is 5.32 Å². The average molecular weight is 278 g/mol. The Balaban J connectivity index is 2.29. The van der Waals surface area contributed by atoms with E-state index >= 15 is 0 Å². The molecule has 0 fully saturated rings. The monoisotopic (exact) mass is 277 g/mol. The van der Waals surface area contributed by atoms with Crippen molar-refractivity contribution in [2.45, 2.75) is 26.3 Å². The van der Waals surface area contributed by atoms with Crippen LogP contribution in [0.1, 0.15) is 30.5 Å². The summed E-state index contributed by atoms with van der Waals surface area (Å²) < 4.78 is 13.9. The summed E-state index contributed by atoms with van der Waals surface area (Å²) in [7, 11) is 0. The summed E-state index contributed by atoms with van der Waals surface area (Å²) in [4.78, 5) is 0. The third kappa shape index (κ3) is 3.27. The lowest BCUT2D eigenvalue weighted by atomic mass is 10.0. The van der Waals surface area contributed by atoms with Gasteiger partial charge in [-0.3, -0.25) is 0 Å². The minimum atomic E-state index is -0.222. The Morgan fingerprint density at radius 3 is 2.58 bits per heavy atom. The standard InChI is InChI=1S/C16H17ClFN/c1-3-15(12-7-5-8-13(17)10-12)19-16-11(2)6-4-9-14(16)18/h4-10,15,19H,3H2,1-2H3. The first kappa shape index (κ1) is 13.9. The number of hydrogen-bond acceptors (Lipinski definition) is 1. The zero-order valence-electron chi connectivity index (χ0n) is 11.1. The maximum Gasteiger partial charge on any atom is 0.146 e. The van der Waals surface area contributed by atoms with E-state index in [1.54, 1.807) is 6.07 Å². The molecule has 1 nitrogen and oxygen atoms in total. The second kappa shape index (κ2) is 6.07. The van der Waals surface area contributed by atoms with Crippen LogP contribution in [0, 0.1) is 12.7 Å². The largest absolute Gasteiger partial charge is 0.376 e. The fourth-order valence-electron chi connectivity index (χ4n) is 2.13. The number of aryl methyl sites for hydroxylation is 1. The van der Waals surface area contributed by atoms with E-state index in [1.807, 2.05) is 37.3 Å². The molecule has 2 aromatic carbocycles. The Hall–Kier alpha value is -1.54. The molecule has 0 heterocycles. The van der Waals surface area contributed by atoms with Gasteiger partial charge in [-0.15, -0.1) is 0 Å². The maximum absolute atomic E-state index is 13.9. The molecule has 100 valence electrons. The molecule has 0 radical (unpaired) electrons. The lowest BCUT2D eigenvalue weighted by molar-refractivity contribution is 0.622. The van der Waals surface area contributed by atoms with E-state index in [9.17, 15) is 4.39 Å². The zero-order chi connectivity index (χ0) is 13.8. The Morgan fingerprint density at radius 2 is 1.95 bits per heavy atom. The quantitative estimate of drug-likeness (QED) is 0.794. The lowest BCUT2D eigenvalue weighted by Gasteiger charge is -2.20. The smallest absolute Gasteiger partial charge is 0.146 e. The second-order valence-electron chi connectivity index (χ2n) is 4.59. The van der Waals surface area contributed by atoms with Crippen LogP contribution >= 0.6 is 11.6 Å². The molecule has 0 aromatic heterocycles. The summed E-state index contributed by atoms with van der Waals surface area (Å²) in [6.45, 7) is 3.96. The highest BCUT2D eigenvalue weighted by Crippen LogP contribution is 2.28. The molecule has 0 saturated heterocycles. The first-order chi connectivity index (χ1) is 9.11. The van der Waals surface area contributed by atoms with Crippen molar-refractivity contribution in [1.82, 2.24) is 0 Å². The van der Waals surface area contributed by atoms with Crippen molar-refractivity contribution in [3.05, 3.63) is 64.4 Å². The van der Waals surface area contributed by atoms with Gasteiger partial charge in [0, 0.05) is 5.02 Å². The zero-order valence-corrected chi connectivity index (χ0v) is 11.8. The van der Waals surface area contributed by atoms with Crippen LogP contribution in [0.4, 0.5) is 10.1 Å². The van der Waals surface area contributed by atoms with Crippen molar-refractivity contribution in [3.63, 3.8) is 0 Å². The number of halogens is 2. The van der Waals surface area contributed by atoms with Crippen LogP contribution in [0.3, 0.4) is 0 Å². The number of hydrogen-bond donors (Lipinski definition) is 1. The predicted molar refractivity (Wildman–Crippen MR) is 79.2 cm³/mol. The molecule has 0 aliphatic carbocycles. The van der Waals surface area contributed by atoms with E-state index in [4.69, 9.17) is 11.6 Å². The Bertz CT molecular complexity index is 548. The van der Waals surface area contributed by atoms with E-state index in [2.05, 4.69) is 12.2 Å². The summed E-state index contributed by atoms with van der Waals surface area (Å²) in [5.74, 6) is -0.222. The fourth-order valence-corrected chi connectivity index (χ4v) is 2.33. The van der Waals surface area contributed by atoms with Crippen molar-refractivity contribution in [3.8, 4) is 0 Å². The van der Waals surface area contributed by atoms with Gasteiger partial charge in [-0.1, -0.05) is 42.8 Å². The van der Waals surface area contributed by atoms with Gasteiger partial charge >= 0.3 is 0 Å². The van der Waals surface area contributed by atoms with Crippen LogP contribution < -0.4 is 5.32 Å². The van der Waals surface area contributed by atoms with Gasteiger partial charge in [-0.05, 0) is 42.7 Å². The molecule has 2 aromatic rings. The minimum Gasteiger partial charge on any atom is -0.376 e. The molecule has 1 N–H and O–H groups in total. The molecular weight excluding hydrogens is 261 g/mol. The van der Waals surface area contributed by atoms with E-state index in [1.165, 1.54) is 6.07 Å². The Morgan fingerprint density at radius 1 is 1.21 bits per heavy atom. The van der Waals surface area contributed by atoms with Crippen LogP contribution in [0.2, 0.25) is 5.02 Å². The summed E-state index contributed by atoms with van der Waals surface area (Å²) in [5.41, 5.74) is 2.53. The highest BCUT2D eigenvalue weighted by Gasteiger charge is 2.13. The van der Waals surface area contributed by atoms with Gasteiger partial charge in [0.05, 0.1) is 11.7 Å². The third-order valence-electron chi connectivity index (χ3n) is 3.20. The Kier molecular flexibility index (Phi) is 4.43. The van der Waals surface area contributed by atoms with E-state index in [0.717, 1.165) is 17.5 Å². The second-order valence-corrected chi connectivity index (χ2v) is 5.03. The van der Waals surface area contributed by atoms with Gasteiger partial charge in [0.25, 0.3) is 0 Å². The van der Waals surface area contributed by atoms with Crippen LogP contribution in [0.5, 0.6) is 0 Å². The fraction of sp³-hybridized carbons (Fsp3) is 0.250. The van der Waals surface area contributed by atoms with Crippen molar-refractivity contribution in [2.24, 2.45) is 0 Å². The van der Waals surface area contributed by atoms with E-state index in [0.29, 0.717) is 10.7 Å². The molecule has 19 heavy (non-hydrogen) atoms. The number of para-hydroxylation sites is 1. The van der Waals surface area contributed by atoms with Crippen molar-refractivity contribution in [1.29, 1.82) is 0 Å². The first-order valence-corrected chi connectivity index (χ1v) is 6.76.